The molecule has 2 aromatic rings. The van der Waals surface area contributed by atoms with Crippen LogP contribution in [-0.4, -0.2) is 31.6 Å². The van der Waals surface area contributed by atoms with Crippen LogP contribution < -0.4 is 20.1 Å². The van der Waals surface area contributed by atoms with Crippen LogP contribution in [0, 0.1) is 0 Å². The molecule has 0 spiro atoms. The Labute approximate surface area is 156 Å². The van der Waals surface area contributed by atoms with Gasteiger partial charge in [-0.25, -0.2) is 0 Å². The van der Waals surface area contributed by atoms with Gasteiger partial charge in [-0.1, -0.05) is 17.7 Å². The third kappa shape index (κ3) is 4.46. The molecule has 26 heavy (non-hydrogen) atoms. The van der Waals surface area contributed by atoms with Crippen LogP contribution in [0.25, 0.3) is 0 Å². The minimum atomic E-state index is -0.208. The van der Waals surface area contributed by atoms with Gasteiger partial charge in [-0.05, 0) is 42.3 Å². The number of benzene rings is 2. The fraction of sp³-hybridized carbons (Fsp3) is 0.263. The standard InChI is InChI=1S/C19H19ClN2O4/c1-12(23)22-15-4-2-3-14(11-15)19(24)21-6-5-13-9-16(20)18-17(10-13)25-7-8-26-18/h2-4,9-11H,5-8H2,1H3,(H,21,24)(H,22,23). The topological polar surface area (TPSA) is 76.7 Å². The fourth-order valence-electron chi connectivity index (χ4n) is 2.67. The Kier molecular flexibility index (Phi) is 5.63. The SMILES string of the molecule is CC(=O)Nc1cccc(C(=O)NCCc2cc(Cl)c3c(c2)OCCO3)c1. The van der Waals surface area contributed by atoms with Crippen LogP contribution >= 0.6 is 11.6 Å². The maximum atomic E-state index is 12.3. The number of rotatable bonds is 5. The molecule has 3 rings (SSSR count). The second-order valence-corrected chi connectivity index (χ2v) is 6.28. The van der Waals surface area contributed by atoms with Gasteiger partial charge in [-0.2, -0.15) is 0 Å². The molecule has 1 aliphatic rings. The van der Waals surface area contributed by atoms with Crippen molar-refractivity contribution < 1.29 is 19.1 Å². The molecule has 6 nitrogen and oxygen atoms in total. The molecule has 0 aliphatic carbocycles. The summed E-state index contributed by atoms with van der Waals surface area (Å²) in [4.78, 5) is 23.4. The lowest BCUT2D eigenvalue weighted by Crippen LogP contribution is -2.26. The van der Waals surface area contributed by atoms with Crippen LogP contribution in [0.2, 0.25) is 5.02 Å². The predicted octanol–water partition coefficient (Wildman–Crippen LogP) is 3.04. The number of carbonyl (C=O) groups is 2. The number of ether oxygens (including phenoxy) is 2. The van der Waals surface area contributed by atoms with Gasteiger partial charge >= 0.3 is 0 Å². The molecule has 1 heterocycles. The first-order chi connectivity index (χ1) is 12.5. The first kappa shape index (κ1) is 18.1. The summed E-state index contributed by atoms with van der Waals surface area (Å²) in [6.07, 6.45) is 0.605. The van der Waals surface area contributed by atoms with Crippen molar-refractivity contribution in [3.05, 3.63) is 52.5 Å². The lowest BCUT2D eigenvalue weighted by atomic mass is 10.1. The maximum Gasteiger partial charge on any atom is 0.251 e. The average Bonchev–Trinajstić information content (AvgIpc) is 2.61. The minimum Gasteiger partial charge on any atom is -0.486 e. The first-order valence-corrected chi connectivity index (χ1v) is 8.64. The molecule has 0 atom stereocenters. The number of halogens is 1. The highest BCUT2D eigenvalue weighted by Gasteiger charge is 2.16. The van der Waals surface area contributed by atoms with Crippen LogP contribution in [0.15, 0.2) is 36.4 Å². The molecule has 0 saturated heterocycles. The van der Waals surface area contributed by atoms with E-state index in [1.807, 2.05) is 12.1 Å². The van der Waals surface area contributed by atoms with E-state index in [1.54, 1.807) is 24.3 Å². The Morgan fingerprint density at radius 3 is 2.77 bits per heavy atom. The van der Waals surface area contributed by atoms with Crippen molar-refractivity contribution in [2.24, 2.45) is 0 Å². The Hall–Kier alpha value is -2.73. The Morgan fingerprint density at radius 2 is 1.96 bits per heavy atom. The maximum absolute atomic E-state index is 12.3. The van der Waals surface area contributed by atoms with E-state index in [4.69, 9.17) is 21.1 Å². The van der Waals surface area contributed by atoms with Crippen LogP contribution in [0.4, 0.5) is 5.69 Å². The number of anilines is 1. The molecule has 136 valence electrons. The lowest BCUT2D eigenvalue weighted by molar-refractivity contribution is -0.114. The summed E-state index contributed by atoms with van der Waals surface area (Å²) < 4.78 is 11.0. The molecule has 1 aliphatic heterocycles. The zero-order valence-corrected chi connectivity index (χ0v) is 15.1. The fourth-order valence-corrected chi connectivity index (χ4v) is 2.96. The molecule has 2 aromatic carbocycles. The summed E-state index contributed by atoms with van der Waals surface area (Å²) >= 11 is 6.22. The number of amides is 2. The number of hydrogen-bond acceptors (Lipinski definition) is 4. The van der Waals surface area contributed by atoms with E-state index in [0.717, 1.165) is 5.56 Å². The zero-order chi connectivity index (χ0) is 18.5. The van der Waals surface area contributed by atoms with Gasteiger partial charge in [0.05, 0.1) is 5.02 Å². The van der Waals surface area contributed by atoms with E-state index in [2.05, 4.69) is 10.6 Å². The molecular formula is C19H19ClN2O4. The quantitative estimate of drug-likeness (QED) is 0.843. The molecule has 0 unspecified atom stereocenters. The van der Waals surface area contributed by atoms with E-state index < -0.39 is 0 Å². The van der Waals surface area contributed by atoms with Crippen molar-refractivity contribution in [3.8, 4) is 11.5 Å². The lowest BCUT2D eigenvalue weighted by Gasteiger charge is -2.20. The van der Waals surface area contributed by atoms with E-state index in [9.17, 15) is 9.59 Å². The van der Waals surface area contributed by atoms with Crippen LogP contribution in [0.5, 0.6) is 11.5 Å². The molecule has 2 amide bonds. The molecule has 2 N–H and O–H groups in total. The van der Waals surface area contributed by atoms with Gasteiger partial charge < -0.3 is 20.1 Å². The monoisotopic (exact) mass is 374 g/mol. The largest absolute Gasteiger partial charge is 0.486 e. The van der Waals surface area contributed by atoms with Gasteiger partial charge in [-0.15, -0.1) is 0 Å². The van der Waals surface area contributed by atoms with Crippen LogP contribution in [-0.2, 0) is 11.2 Å². The van der Waals surface area contributed by atoms with Crippen molar-refractivity contribution in [2.45, 2.75) is 13.3 Å². The summed E-state index contributed by atoms with van der Waals surface area (Å²) in [6.45, 7) is 2.85. The van der Waals surface area contributed by atoms with Gasteiger partial charge in [0, 0.05) is 24.7 Å². The zero-order valence-electron chi connectivity index (χ0n) is 14.3. The Morgan fingerprint density at radius 1 is 1.15 bits per heavy atom. The van der Waals surface area contributed by atoms with E-state index in [0.29, 0.717) is 54.0 Å². The minimum absolute atomic E-state index is 0.182. The summed E-state index contributed by atoms with van der Waals surface area (Å²) in [7, 11) is 0. The number of nitrogens with one attached hydrogen (secondary N) is 2. The van der Waals surface area contributed by atoms with E-state index >= 15 is 0 Å². The highest BCUT2D eigenvalue weighted by molar-refractivity contribution is 6.32. The number of carbonyl (C=O) groups excluding carboxylic acids is 2. The van der Waals surface area contributed by atoms with Crippen molar-refractivity contribution >= 4 is 29.1 Å². The summed E-state index contributed by atoms with van der Waals surface area (Å²) in [5.41, 5.74) is 2.02. The number of hydrogen-bond donors (Lipinski definition) is 2. The third-order valence-corrected chi connectivity index (χ3v) is 4.08. The molecular weight excluding hydrogens is 356 g/mol. The average molecular weight is 375 g/mol. The van der Waals surface area contributed by atoms with Crippen LogP contribution in [0.3, 0.4) is 0 Å². The predicted molar refractivity (Wildman–Crippen MR) is 99.2 cm³/mol. The van der Waals surface area contributed by atoms with Gasteiger partial charge in [-0.3, -0.25) is 9.59 Å². The Balaban J connectivity index is 1.59. The molecule has 0 fully saturated rings. The normalized spacial score (nSPS) is 12.4. The first-order valence-electron chi connectivity index (χ1n) is 8.27. The smallest absolute Gasteiger partial charge is 0.251 e. The summed E-state index contributed by atoms with van der Waals surface area (Å²) in [5.74, 6) is 0.812. The highest BCUT2D eigenvalue weighted by atomic mass is 35.5. The molecule has 0 bridgehead atoms. The highest BCUT2D eigenvalue weighted by Crippen LogP contribution is 2.38. The van der Waals surface area contributed by atoms with Gasteiger partial charge in [0.25, 0.3) is 5.91 Å². The summed E-state index contributed by atoms with van der Waals surface area (Å²) in [5, 5.41) is 6.02. The summed E-state index contributed by atoms with van der Waals surface area (Å²) in [6, 6.07) is 10.5. The van der Waals surface area contributed by atoms with E-state index in [1.165, 1.54) is 6.92 Å². The second kappa shape index (κ2) is 8.10. The third-order valence-electron chi connectivity index (χ3n) is 3.80. The van der Waals surface area contributed by atoms with Crippen molar-refractivity contribution in [1.82, 2.24) is 5.32 Å². The van der Waals surface area contributed by atoms with Crippen molar-refractivity contribution in [1.29, 1.82) is 0 Å². The Bertz CT molecular complexity index is 838. The second-order valence-electron chi connectivity index (χ2n) is 5.87. The number of fused-ring (bicyclic) bond motifs is 1. The molecule has 0 radical (unpaired) electrons. The van der Waals surface area contributed by atoms with E-state index in [-0.39, 0.29) is 11.8 Å². The van der Waals surface area contributed by atoms with Crippen LogP contribution in [0.1, 0.15) is 22.8 Å². The molecule has 0 aromatic heterocycles. The molecule has 7 heteroatoms. The van der Waals surface area contributed by atoms with Gasteiger partial charge in [0.2, 0.25) is 5.91 Å². The van der Waals surface area contributed by atoms with Gasteiger partial charge in [0.15, 0.2) is 11.5 Å². The van der Waals surface area contributed by atoms with Crippen molar-refractivity contribution in [2.75, 3.05) is 25.1 Å². The van der Waals surface area contributed by atoms with Gasteiger partial charge in [0.1, 0.15) is 13.2 Å². The molecule has 0 saturated carbocycles. The van der Waals surface area contributed by atoms with Crippen molar-refractivity contribution in [3.63, 3.8) is 0 Å².